The molecule has 0 amide bonds. The maximum atomic E-state index is 9.19. The van der Waals surface area contributed by atoms with Crippen LogP contribution in [0.4, 0.5) is 0 Å². The van der Waals surface area contributed by atoms with Gasteiger partial charge in [0.25, 0.3) is 10.1 Å². The fourth-order valence-electron chi connectivity index (χ4n) is 4.15. The van der Waals surface area contributed by atoms with Crippen molar-refractivity contribution in [3.05, 3.63) is 0 Å². The molecule has 26 heavy (non-hydrogen) atoms. The molecule has 0 atom stereocenters. The second-order valence-electron chi connectivity index (χ2n) is 8.21. The van der Waals surface area contributed by atoms with Crippen molar-refractivity contribution in [1.29, 1.82) is 0 Å². The number of quaternary nitrogens is 1. The van der Waals surface area contributed by atoms with Gasteiger partial charge in [-0.25, -0.2) is 0 Å². The predicted molar refractivity (Wildman–Crippen MR) is 113 cm³/mol. The Labute approximate surface area is 164 Å². The lowest BCUT2D eigenvalue weighted by atomic mass is 10.0. The van der Waals surface area contributed by atoms with Crippen LogP contribution in [0.15, 0.2) is 0 Å². The van der Waals surface area contributed by atoms with E-state index in [4.69, 9.17) is 4.55 Å². The van der Waals surface area contributed by atoms with Crippen molar-refractivity contribution in [2.24, 2.45) is 0 Å². The molecule has 0 bridgehead atoms. The number of likely N-dealkylation sites (tertiary alicyclic amines) is 1. The lowest BCUT2D eigenvalue weighted by Gasteiger charge is -2.41. The number of nitrogens with zero attached hydrogens (tertiary/aromatic N) is 1. The van der Waals surface area contributed by atoms with Gasteiger partial charge in [-0.05, 0) is 38.5 Å². The lowest BCUT2D eigenvalue weighted by molar-refractivity contribution is -0.932. The first kappa shape index (κ1) is 25.9. The Morgan fingerprint density at radius 2 is 1.12 bits per heavy atom. The maximum absolute atomic E-state index is 9.19. The Kier molecular flexibility index (Phi) is 15.8. The molecule has 0 radical (unpaired) electrons. The molecule has 0 unspecified atom stereocenters. The van der Waals surface area contributed by atoms with Crippen molar-refractivity contribution in [2.45, 2.75) is 104 Å². The molecule has 1 fully saturated rings. The fraction of sp³-hybridized carbons (Fsp3) is 1.00. The molecule has 1 aliphatic heterocycles. The minimum Gasteiger partial charge on any atom is -0.324 e. The summed E-state index contributed by atoms with van der Waals surface area (Å²) >= 11 is 0. The highest BCUT2D eigenvalue weighted by Crippen LogP contribution is 2.21. The van der Waals surface area contributed by atoms with Crippen LogP contribution in [0.5, 0.6) is 0 Å². The largest absolute Gasteiger partial charge is 0.324 e. The summed E-state index contributed by atoms with van der Waals surface area (Å²) < 4.78 is 27.3. The van der Waals surface area contributed by atoms with Crippen LogP contribution in [-0.4, -0.2) is 49.9 Å². The first-order valence-electron chi connectivity index (χ1n) is 11.1. The molecule has 0 aromatic rings. The average molecular weight is 393 g/mol. The van der Waals surface area contributed by atoms with E-state index in [9.17, 15) is 8.42 Å². The van der Waals surface area contributed by atoms with Crippen molar-refractivity contribution in [1.82, 2.24) is 0 Å². The van der Waals surface area contributed by atoms with Crippen LogP contribution in [0, 0.1) is 0 Å². The molecule has 1 heterocycles. The second kappa shape index (κ2) is 15.9. The average Bonchev–Trinajstić information content (AvgIpc) is 2.56. The minimum absolute atomic E-state index is 0.715. The number of unbranched alkanes of at least 4 members (excludes halogenated alkanes) is 9. The number of hydrogen-bond donors (Lipinski definition) is 1. The van der Waals surface area contributed by atoms with E-state index in [1.54, 1.807) is 0 Å². The third-order valence-corrected chi connectivity index (χ3v) is 5.45. The molecule has 158 valence electrons. The van der Waals surface area contributed by atoms with Crippen molar-refractivity contribution < 1.29 is 17.5 Å². The quantitative estimate of drug-likeness (QED) is 0.244. The summed E-state index contributed by atoms with van der Waals surface area (Å²) in [5, 5.41) is 0. The zero-order valence-corrected chi connectivity index (χ0v) is 18.7. The van der Waals surface area contributed by atoms with Crippen molar-refractivity contribution in [3.63, 3.8) is 0 Å². The first-order valence-corrected chi connectivity index (χ1v) is 13.0. The SMILES string of the molecule is CCCCCCCCCCCC[N+]1(CCC)CCCCC1.CS(=O)(=O)O. The van der Waals surface area contributed by atoms with Gasteiger partial charge < -0.3 is 4.48 Å². The molecule has 1 saturated heterocycles. The molecule has 5 heteroatoms. The number of piperidine rings is 1. The molecule has 0 aromatic carbocycles. The highest BCUT2D eigenvalue weighted by Gasteiger charge is 2.27. The van der Waals surface area contributed by atoms with E-state index in [1.165, 1.54) is 121 Å². The molecule has 0 saturated carbocycles. The third kappa shape index (κ3) is 17.3. The lowest BCUT2D eigenvalue weighted by Crippen LogP contribution is -2.52. The maximum Gasteiger partial charge on any atom is 0.261 e. The Morgan fingerprint density at radius 3 is 1.54 bits per heavy atom. The van der Waals surface area contributed by atoms with Gasteiger partial charge in [0.2, 0.25) is 0 Å². The summed E-state index contributed by atoms with van der Waals surface area (Å²) in [5.41, 5.74) is 0. The Hall–Kier alpha value is -0.130. The van der Waals surface area contributed by atoms with E-state index in [0.29, 0.717) is 6.26 Å². The van der Waals surface area contributed by atoms with E-state index < -0.39 is 10.1 Å². The summed E-state index contributed by atoms with van der Waals surface area (Å²) in [7, 11) is -3.67. The summed E-state index contributed by atoms with van der Waals surface area (Å²) in [6.45, 7) is 10.5. The summed E-state index contributed by atoms with van der Waals surface area (Å²) in [6, 6.07) is 0. The molecular formula is C21H46NO3S+. The van der Waals surface area contributed by atoms with Crippen molar-refractivity contribution >= 4 is 10.1 Å². The van der Waals surface area contributed by atoms with Gasteiger partial charge in [-0.15, -0.1) is 0 Å². The van der Waals surface area contributed by atoms with E-state index in [-0.39, 0.29) is 0 Å². The second-order valence-corrected chi connectivity index (χ2v) is 9.68. The van der Waals surface area contributed by atoms with E-state index in [2.05, 4.69) is 13.8 Å². The van der Waals surface area contributed by atoms with E-state index >= 15 is 0 Å². The van der Waals surface area contributed by atoms with Crippen molar-refractivity contribution in [3.8, 4) is 0 Å². The number of rotatable bonds is 13. The molecule has 1 aliphatic rings. The first-order chi connectivity index (χ1) is 12.3. The molecule has 0 aromatic heterocycles. The zero-order chi connectivity index (χ0) is 19.7. The van der Waals surface area contributed by atoms with E-state index in [1.807, 2.05) is 0 Å². The third-order valence-electron chi connectivity index (χ3n) is 5.45. The molecule has 1 N–H and O–H groups in total. The van der Waals surface area contributed by atoms with Crippen LogP contribution < -0.4 is 0 Å². The van der Waals surface area contributed by atoms with Gasteiger partial charge in [0.1, 0.15) is 0 Å². The van der Waals surface area contributed by atoms with Crippen molar-refractivity contribution in [2.75, 3.05) is 32.4 Å². The summed E-state index contributed by atoms with van der Waals surface area (Å²) in [5.74, 6) is 0. The Morgan fingerprint density at radius 1 is 0.692 bits per heavy atom. The molecule has 4 nitrogen and oxygen atoms in total. The number of hydrogen-bond acceptors (Lipinski definition) is 2. The smallest absolute Gasteiger partial charge is 0.261 e. The monoisotopic (exact) mass is 392 g/mol. The minimum atomic E-state index is -3.67. The summed E-state index contributed by atoms with van der Waals surface area (Å²) in [6.07, 6.45) is 21.2. The highest BCUT2D eigenvalue weighted by atomic mass is 32.2. The van der Waals surface area contributed by atoms with Gasteiger partial charge in [-0.1, -0.05) is 65.2 Å². The Balaban J connectivity index is 0.00000110. The van der Waals surface area contributed by atoms with Gasteiger partial charge >= 0.3 is 0 Å². The van der Waals surface area contributed by atoms with Crippen LogP contribution in [0.3, 0.4) is 0 Å². The van der Waals surface area contributed by atoms with Gasteiger partial charge in [-0.3, -0.25) is 4.55 Å². The van der Waals surface area contributed by atoms with Crippen LogP contribution >= 0.6 is 0 Å². The zero-order valence-electron chi connectivity index (χ0n) is 17.8. The fourth-order valence-corrected chi connectivity index (χ4v) is 4.15. The van der Waals surface area contributed by atoms with Gasteiger partial charge in [0, 0.05) is 0 Å². The van der Waals surface area contributed by atoms with Crippen LogP contribution in [0.25, 0.3) is 0 Å². The summed E-state index contributed by atoms with van der Waals surface area (Å²) in [4.78, 5) is 0. The Bertz CT molecular complexity index is 390. The molecule has 1 rings (SSSR count). The van der Waals surface area contributed by atoms with Gasteiger partial charge in [0.15, 0.2) is 0 Å². The molecule has 0 aliphatic carbocycles. The van der Waals surface area contributed by atoms with Crippen LogP contribution in [-0.2, 0) is 10.1 Å². The van der Waals surface area contributed by atoms with E-state index in [0.717, 1.165) is 0 Å². The van der Waals surface area contributed by atoms with Crippen LogP contribution in [0.1, 0.15) is 104 Å². The normalized spacial score (nSPS) is 16.8. The van der Waals surface area contributed by atoms with Gasteiger partial charge in [-0.2, -0.15) is 8.42 Å². The topological polar surface area (TPSA) is 54.4 Å². The molecule has 0 spiro atoms. The standard InChI is InChI=1S/C20H42N.CH4O3S/c1-3-5-6-7-8-9-10-11-12-14-18-21(17-4-2)19-15-13-16-20-21;1-5(2,3)4/h3-20H2,1-2H3;1H3,(H,2,3,4)/q+1;. The predicted octanol–water partition coefficient (Wildman–Crippen LogP) is 5.82. The van der Waals surface area contributed by atoms with Crippen LogP contribution in [0.2, 0.25) is 0 Å². The highest BCUT2D eigenvalue weighted by molar-refractivity contribution is 7.85. The molecular weight excluding hydrogens is 346 g/mol. The van der Waals surface area contributed by atoms with Gasteiger partial charge in [0.05, 0.1) is 32.4 Å².